The zero-order valence-electron chi connectivity index (χ0n) is 13.9. The molecule has 0 aliphatic carbocycles. The van der Waals surface area contributed by atoms with Crippen molar-refractivity contribution in [1.29, 1.82) is 0 Å². The van der Waals surface area contributed by atoms with Gasteiger partial charge in [-0.3, -0.25) is 4.79 Å². The first-order chi connectivity index (χ1) is 12.9. The van der Waals surface area contributed by atoms with Crippen LogP contribution in [0, 0.1) is 5.82 Å². The van der Waals surface area contributed by atoms with E-state index in [1.165, 1.54) is 23.5 Å². The summed E-state index contributed by atoms with van der Waals surface area (Å²) in [4.78, 5) is 28.7. The molecule has 0 fully saturated rings. The molecule has 27 heavy (non-hydrogen) atoms. The number of aryl methyl sites for hydroxylation is 1. The average molecular weight is 449 g/mol. The van der Waals surface area contributed by atoms with Gasteiger partial charge in [0, 0.05) is 11.8 Å². The van der Waals surface area contributed by atoms with Crippen molar-refractivity contribution in [3.8, 4) is 10.6 Å². The van der Waals surface area contributed by atoms with Gasteiger partial charge in [0.05, 0.1) is 16.3 Å². The van der Waals surface area contributed by atoms with Crippen molar-refractivity contribution in [2.24, 2.45) is 0 Å². The monoisotopic (exact) mass is 448 g/mol. The second-order valence-electron chi connectivity index (χ2n) is 5.68. The van der Waals surface area contributed by atoms with Crippen LogP contribution in [0.2, 0.25) is 0 Å². The number of hydrogen-bond donors (Lipinski definition) is 2. The molecule has 0 aliphatic rings. The minimum atomic E-state index is -1.14. The lowest BCUT2D eigenvalue weighted by molar-refractivity contribution is -0.116. The zero-order chi connectivity index (χ0) is 19.4. The van der Waals surface area contributed by atoms with Gasteiger partial charge in [-0.1, -0.05) is 18.2 Å². The summed E-state index contributed by atoms with van der Waals surface area (Å²) >= 11 is 4.46. The van der Waals surface area contributed by atoms with Crippen LogP contribution in [0.3, 0.4) is 0 Å². The minimum Gasteiger partial charge on any atom is -0.478 e. The van der Waals surface area contributed by atoms with Gasteiger partial charge in [-0.15, -0.1) is 11.3 Å². The van der Waals surface area contributed by atoms with Gasteiger partial charge in [-0.2, -0.15) is 0 Å². The second-order valence-corrected chi connectivity index (χ2v) is 7.37. The number of nitrogens with one attached hydrogen (secondary N) is 1. The van der Waals surface area contributed by atoms with Crippen LogP contribution >= 0.6 is 27.3 Å². The third-order valence-electron chi connectivity index (χ3n) is 3.76. The van der Waals surface area contributed by atoms with Gasteiger partial charge < -0.3 is 10.4 Å². The first-order valence-electron chi connectivity index (χ1n) is 7.96. The normalized spacial score (nSPS) is 10.6. The highest BCUT2D eigenvalue weighted by Crippen LogP contribution is 2.35. The van der Waals surface area contributed by atoms with Crippen LogP contribution in [0.15, 0.2) is 52.4 Å². The molecule has 2 N–H and O–H groups in total. The highest BCUT2D eigenvalue weighted by molar-refractivity contribution is 9.10. The van der Waals surface area contributed by atoms with Crippen LogP contribution in [0.1, 0.15) is 22.3 Å². The van der Waals surface area contributed by atoms with Crippen LogP contribution < -0.4 is 5.32 Å². The molecule has 2 aromatic heterocycles. The Morgan fingerprint density at radius 2 is 2.00 bits per heavy atom. The Morgan fingerprint density at radius 1 is 1.22 bits per heavy atom. The van der Waals surface area contributed by atoms with Crippen LogP contribution in [0.25, 0.3) is 10.6 Å². The molecule has 3 aromatic rings. The molecule has 1 amide bonds. The Bertz CT molecular complexity index is 1010. The number of anilines is 1. The van der Waals surface area contributed by atoms with Crippen molar-refractivity contribution in [1.82, 2.24) is 4.98 Å². The first-order valence-corrected chi connectivity index (χ1v) is 9.63. The van der Waals surface area contributed by atoms with Crippen molar-refractivity contribution in [2.75, 3.05) is 5.32 Å². The van der Waals surface area contributed by atoms with Gasteiger partial charge in [0.25, 0.3) is 0 Å². The number of benzene rings is 1. The molecule has 0 saturated heterocycles. The summed E-state index contributed by atoms with van der Waals surface area (Å²) in [7, 11) is 0. The lowest BCUT2D eigenvalue weighted by Crippen LogP contribution is -2.14. The molecule has 0 unspecified atom stereocenters. The Hall–Kier alpha value is -2.58. The molecule has 8 heteroatoms. The van der Waals surface area contributed by atoms with Crippen LogP contribution in [-0.2, 0) is 11.2 Å². The highest BCUT2D eigenvalue weighted by Gasteiger charge is 2.22. The standard InChI is InChI=1S/C19H14BrFN2O3S/c20-15-6-2-5-13(22-15)18-17(19(25)26)14(10-27-18)23-16(24)8-7-11-3-1-4-12(21)9-11/h1-6,9-10H,7-8H2,(H,23,24)(H,25,26). The van der Waals surface area contributed by atoms with Crippen LogP contribution in [0.4, 0.5) is 10.1 Å². The summed E-state index contributed by atoms with van der Waals surface area (Å²) < 4.78 is 13.8. The third kappa shape index (κ3) is 4.78. The van der Waals surface area contributed by atoms with Crippen molar-refractivity contribution >= 4 is 44.8 Å². The lowest BCUT2D eigenvalue weighted by Gasteiger charge is -2.06. The number of pyridine rings is 1. The first kappa shape index (κ1) is 19.2. The predicted molar refractivity (Wildman–Crippen MR) is 106 cm³/mol. The average Bonchev–Trinajstić information content (AvgIpc) is 3.04. The van der Waals surface area contributed by atoms with E-state index in [2.05, 4.69) is 26.2 Å². The number of amides is 1. The molecule has 0 aliphatic heterocycles. The molecule has 0 spiro atoms. The van der Waals surface area contributed by atoms with Crippen molar-refractivity contribution < 1.29 is 19.1 Å². The maximum absolute atomic E-state index is 13.2. The Morgan fingerprint density at radius 3 is 2.70 bits per heavy atom. The van der Waals surface area contributed by atoms with Gasteiger partial charge in [-0.25, -0.2) is 14.2 Å². The molecule has 0 saturated carbocycles. The Labute approximate surface area is 167 Å². The number of carbonyl (C=O) groups is 2. The van der Waals surface area contributed by atoms with Crippen molar-refractivity contribution in [3.05, 3.63) is 69.4 Å². The third-order valence-corrected chi connectivity index (χ3v) is 5.20. The minimum absolute atomic E-state index is 0.00436. The molecule has 1 aromatic carbocycles. The van der Waals surface area contributed by atoms with Gasteiger partial charge >= 0.3 is 5.97 Å². The van der Waals surface area contributed by atoms with Gasteiger partial charge in [-0.05, 0) is 52.2 Å². The summed E-state index contributed by atoms with van der Waals surface area (Å²) in [5, 5.41) is 13.8. The van der Waals surface area contributed by atoms with Crippen LogP contribution in [0.5, 0.6) is 0 Å². The smallest absolute Gasteiger partial charge is 0.339 e. The summed E-state index contributed by atoms with van der Waals surface area (Å²) in [5.41, 5.74) is 1.44. The summed E-state index contributed by atoms with van der Waals surface area (Å²) in [6.07, 6.45) is 0.471. The maximum atomic E-state index is 13.2. The number of carboxylic acids is 1. The number of aromatic nitrogens is 1. The van der Waals surface area contributed by atoms with E-state index in [1.54, 1.807) is 35.7 Å². The van der Waals surface area contributed by atoms with Gasteiger partial charge in [0.1, 0.15) is 16.0 Å². The Kier molecular flexibility index (Phi) is 5.98. The van der Waals surface area contributed by atoms with E-state index in [1.807, 2.05) is 0 Å². The number of carbonyl (C=O) groups excluding carboxylic acids is 1. The molecule has 3 rings (SSSR count). The molecular weight excluding hydrogens is 435 g/mol. The molecule has 0 bridgehead atoms. The van der Waals surface area contributed by atoms with E-state index < -0.39 is 5.97 Å². The van der Waals surface area contributed by atoms with E-state index in [0.717, 1.165) is 0 Å². The molecule has 138 valence electrons. The Balaban J connectivity index is 1.76. The number of rotatable bonds is 6. The fraction of sp³-hybridized carbons (Fsp3) is 0.105. The molecule has 2 heterocycles. The van der Waals surface area contributed by atoms with E-state index >= 15 is 0 Å². The number of aromatic carboxylic acids is 1. The van der Waals surface area contributed by atoms with Crippen molar-refractivity contribution in [3.63, 3.8) is 0 Å². The molecular formula is C19H14BrFN2O3S. The largest absolute Gasteiger partial charge is 0.478 e. The fourth-order valence-electron chi connectivity index (χ4n) is 2.55. The number of halogens is 2. The number of hydrogen-bond acceptors (Lipinski definition) is 4. The van der Waals surface area contributed by atoms with Crippen LogP contribution in [-0.4, -0.2) is 22.0 Å². The van der Waals surface area contributed by atoms with E-state index in [-0.39, 0.29) is 29.4 Å². The predicted octanol–water partition coefficient (Wildman–Crippen LogP) is 4.98. The fourth-order valence-corrected chi connectivity index (χ4v) is 3.85. The topological polar surface area (TPSA) is 79.3 Å². The molecule has 5 nitrogen and oxygen atoms in total. The quantitative estimate of drug-likeness (QED) is 0.521. The number of thiophene rings is 1. The highest BCUT2D eigenvalue weighted by atomic mass is 79.9. The summed E-state index contributed by atoms with van der Waals surface area (Å²) in [5.74, 6) is -1.84. The SMILES string of the molecule is O=C(CCc1cccc(F)c1)Nc1csc(-c2cccc(Br)n2)c1C(=O)O. The number of nitrogens with zero attached hydrogens (tertiary/aromatic N) is 1. The molecule has 0 radical (unpaired) electrons. The number of carboxylic acid groups (broad SMARTS) is 1. The lowest BCUT2D eigenvalue weighted by atomic mass is 10.1. The van der Waals surface area contributed by atoms with E-state index in [4.69, 9.17) is 0 Å². The van der Waals surface area contributed by atoms with E-state index in [0.29, 0.717) is 27.2 Å². The molecule has 0 atom stereocenters. The van der Waals surface area contributed by atoms with Crippen molar-refractivity contribution in [2.45, 2.75) is 12.8 Å². The maximum Gasteiger partial charge on any atom is 0.339 e. The zero-order valence-corrected chi connectivity index (χ0v) is 16.3. The van der Waals surface area contributed by atoms with Gasteiger partial charge in [0.15, 0.2) is 0 Å². The van der Waals surface area contributed by atoms with Gasteiger partial charge in [0.2, 0.25) is 5.91 Å². The summed E-state index contributed by atoms with van der Waals surface area (Å²) in [6.45, 7) is 0. The second kappa shape index (κ2) is 8.41. The van der Waals surface area contributed by atoms with E-state index in [9.17, 15) is 19.1 Å². The summed E-state index contributed by atoms with van der Waals surface area (Å²) in [6, 6.07) is 11.2.